The molecule has 0 aromatic heterocycles. The summed E-state index contributed by atoms with van der Waals surface area (Å²) >= 11 is 0. The molecule has 1 aliphatic heterocycles. The molecule has 1 rings (SSSR count). The zero-order valence-corrected chi connectivity index (χ0v) is 13.6. The molecular weight excluding hydrogens is 252 g/mol. The van der Waals surface area contributed by atoms with E-state index < -0.39 is 0 Å². The number of nitrogens with two attached hydrogens (primary N) is 1. The molecule has 3 N–H and O–H groups in total. The lowest BCUT2D eigenvalue weighted by atomic mass is 10.0. The Bertz CT molecular complexity index is 298. The molecule has 1 fully saturated rings. The zero-order valence-electron chi connectivity index (χ0n) is 13.6. The molecule has 0 aromatic carbocycles. The lowest BCUT2D eigenvalue weighted by Crippen LogP contribution is -2.58. The highest BCUT2D eigenvalue weighted by molar-refractivity contribution is 5.81. The van der Waals surface area contributed by atoms with Crippen LogP contribution in [-0.2, 0) is 4.79 Å². The highest BCUT2D eigenvalue weighted by atomic mass is 16.2. The number of hydrogen-bond donors (Lipinski definition) is 2. The zero-order chi connectivity index (χ0) is 15.2. The summed E-state index contributed by atoms with van der Waals surface area (Å²) in [5, 5.41) is 3.02. The Morgan fingerprint density at radius 1 is 1.30 bits per heavy atom. The lowest BCUT2D eigenvalue weighted by molar-refractivity contribution is -0.123. The van der Waals surface area contributed by atoms with Gasteiger partial charge in [0.25, 0.3) is 0 Å². The number of carbonyl (C=O) groups is 1. The van der Waals surface area contributed by atoms with Crippen molar-refractivity contribution in [1.29, 1.82) is 0 Å². The Balaban J connectivity index is 2.36. The van der Waals surface area contributed by atoms with E-state index in [4.69, 9.17) is 5.73 Å². The number of carbonyl (C=O) groups excluding carboxylic acids is 1. The third-order valence-electron chi connectivity index (χ3n) is 4.26. The maximum absolute atomic E-state index is 12.0. The van der Waals surface area contributed by atoms with Crippen LogP contribution in [0.2, 0.25) is 0 Å². The van der Waals surface area contributed by atoms with E-state index in [1.807, 2.05) is 0 Å². The number of hydrogen-bond acceptors (Lipinski definition) is 4. The third kappa shape index (κ3) is 5.38. The van der Waals surface area contributed by atoms with E-state index in [0.717, 1.165) is 45.4 Å². The summed E-state index contributed by atoms with van der Waals surface area (Å²) < 4.78 is 0. The summed E-state index contributed by atoms with van der Waals surface area (Å²) in [6, 6.07) is -0.363. The fourth-order valence-electron chi connectivity index (χ4n) is 2.51. The Morgan fingerprint density at radius 2 is 1.90 bits per heavy atom. The fourth-order valence-corrected chi connectivity index (χ4v) is 2.51. The largest absolute Gasteiger partial charge is 0.353 e. The van der Waals surface area contributed by atoms with E-state index in [-0.39, 0.29) is 17.5 Å². The quantitative estimate of drug-likeness (QED) is 0.720. The fraction of sp³-hybridized carbons (Fsp3) is 0.933. The molecule has 0 aromatic rings. The molecule has 20 heavy (non-hydrogen) atoms. The van der Waals surface area contributed by atoms with Crippen LogP contribution in [0.25, 0.3) is 0 Å². The first kappa shape index (κ1) is 17.4. The molecule has 1 amide bonds. The van der Waals surface area contributed by atoms with Gasteiger partial charge in [-0.3, -0.25) is 9.69 Å². The second-order valence-corrected chi connectivity index (χ2v) is 6.57. The number of nitrogens with zero attached hydrogens (tertiary/aromatic N) is 2. The van der Waals surface area contributed by atoms with Gasteiger partial charge in [-0.1, -0.05) is 19.8 Å². The van der Waals surface area contributed by atoms with Crippen molar-refractivity contribution < 1.29 is 4.79 Å². The minimum atomic E-state index is -0.363. The van der Waals surface area contributed by atoms with Crippen LogP contribution in [0.4, 0.5) is 0 Å². The van der Waals surface area contributed by atoms with Crippen LogP contribution in [0.1, 0.15) is 40.0 Å². The Hall–Kier alpha value is -0.650. The van der Waals surface area contributed by atoms with Gasteiger partial charge in [0.1, 0.15) is 0 Å². The van der Waals surface area contributed by atoms with Crippen molar-refractivity contribution in [2.45, 2.75) is 51.6 Å². The number of unbranched alkanes of at least 4 members (excludes halogenated alkanes) is 1. The normalized spacial score (nSPS) is 19.9. The second-order valence-electron chi connectivity index (χ2n) is 6.57. The van der Waals surface area contributed by atoms with E-state index in [9.17, 15) is 4.79 Å². The van der Waals surface area contributed by atoms with E-state index in [2.05, 4.69) is 42.9 Å². The molecular formula is C15H32N4O. The van der Waals surface area contributed by atoms with Crippen molar-refractivity contribution in [2.75, 3.05) is 39.8 Å². The Kier molecular flexibility index (Phi) is 6.92. The number of piperazine rings is 1. The summed E-state index contributed by atoms with van der Waals surface area (Å²) in [6.45, 7) is 11.5. The molecule has 1 heterocycles. The van der Waals surface area contributed by atoms with Gasteiger partial charge in [0.2, 0.25) is 5.91 Å². The summed E-state index contributed by atoms with van der Waals surface area (Å²) in [4.78, 5) is 16.8. The van der Waals surface area contributed by atoms with Gasteiger partial charge in [-0.25, -0.2) is 0 Å². The first-order valence-corrected chi connectivity index (χ1v) is 7.83. The molecule has 0 radical (unpaired) electrons. The number of nitrogens with one attached hydrogen (secondary N) is 1. The average Bonchev–Trinajstić information content (AvgIpc) is 2.42. The highest BCUT2D eigenvalue weighted by Crippen LogP contribution is 2.15. The van der Waals surface area contributed by atoms with Crippen molar-refractivity contribution >= 4 is 5.91 Å². The minimum absolute atomic E-state index is 0.0125. The van der Waals surface area contributed by atoms with Crippen LogP contribution in [0.5, 0.6) is 0 Å². The summed E-state index contributed by atoms with van der Waals surface area (Å²) in [6.07, 6.45) is 2.86. The van der Waals surface area contributed by atoms with Crippen LogP contribution >= 0.6 is 0 Å². The van der Waals surface area contributed by atoms with Crippen molar-refractivity contribution in [1.82, 2.24) is 15.1 Å². The molecule has 0 spiro atoms. The first-order valence-electron chi connectivity index (χ1n) is 7.83. The van der Waals surface area contributed by atoms with Gasteiger partial charge in [0, 0.05) is 38.3 Å². The van der Waals surface area contributed by atoms with E-state index in [1.54, 1.807) is 0 Å². The van der Waals surface area contributed by atoms with Gasteiger partial charge < -0.3 is 16.0 Å². The lowest BCUT2D eigenvalue weighted by Gasteiger charge is -2.43. The maximum atomic E-state index is 12.0. The van der Waals surface area contributed by atoms with Gasteiger partial charge in [-0.15, -0.1) is 0 Å². The van der Waals surface area contributed by atoms with Crippen molar-refractivity contribution in [3.8, 4) is 0 Å². The van der Waals surface area contributed by atoms with Crippen LogP contribution < -0.4 is 11.1 Å². The Morgan fingerprint density at radius 3 is 2.45 bits per heavy atom. The molecule has 5 nitrogen and oxygen atoms in total. The van der Waals surface area contributed by atoms with Gasteiger partial charge >= 0.3 is 0 Å². The predicted molar refractivity (Wildman–Crippen MR) is 83.7 cm³/mol. The number of amides is 1. The molecule has 5 heteroatoms. The van der Waals surface area contributed by atoms with Crippen LogP contribution in [0.3, 0.4) is 0 Å². The molecule has 1 saturated heterocycles. The number of likely N-dealkylation sites (N-methyl/N-ethyl adjacent to an activating group) is 1. The third-order valence-corrected chi connectivity index (χ3v) is 4.26. The first-order chi connectivity index (χ1) is 9.36. The highest BCUT2D eigenvalue weighted by Gasteiger charge is 2.29. The molecule has 0 bridgehead atoms. The van der Waals surface area contributed by atoms with Gasteiger partial charge in [0.15, 0.2) is 0 Å². The van der Waals surface area contributed by atoms with Crippen molar-refractivity contribution in [3.05, 3.63) is 0 Å². The van der Waals surface area contributed by atoms with Gasteiger partial charge in [-0.2, -0.15) is 0 Å². The standard InChI is InChI=1S/C15H32N4O/c1-5-6-7-13(16)14(20)17-12-15(2,3)19-10-8-18(4)9-11-19/h13H,5-12,16H2,1-4H3,(H,17,20)/t13-/m0/s1. The second kappa shape index (κ2) is 7.96. The van der Waals surface area contributed by atoms with E-state index in [1.165, 1.54) is 0 Å². The smallest absolute Gasteiger partial charge is 0.236 e. The van der Waals surface area contributed by atoms with Gasteiger partial charge in [0.05, 0.1) is 6.04 Å². The molecule has 1 aliphatic rings. The summed E-state index contributed by atoms with van der Waals surface area (Å²) in [7, 11) is 2.15. The molecule has 1 atom stereocenters. The monoisotopic (exact) mass is 284 g/mol. The van der Waals surface area contributed by atoms with Crippen LogP contribution in [0.15, 0.2) is 0 Å². The van der Waals surface area contributed by atoms with E-state index >= 15 is 0 Å². The topological polar surface area (TPSA) is 61.6 Å². The predicted octanol–water partition coefficient (Wildman–Crippen LogP) is 0.646. The molecule has 118 valence electrons. The SMILES string of the molecule is CCCC[C@H](N)C(=O)NCC(C)(C)N1CCN(C)CC1. The number of rotatable bonds is 7. The van der Waals surface area contributed by atoms with Crippen LogP contribution in [-0.4, -0.2) is 67.1 Å². The average molecular weight is 284 g/mol. The Labute approximate surface area is 123 Å². The summed E-state index contributed by atoms with van der Waals surface area (Å²) in [5.41, 5.74) is 5.88. The van der Waals surface area contributed by atoms with Gasteiger partial charge in [-0.05, 0) is 27.3 Å². The maximum Gasteiger partial charge on any atom is 0.236 e. The molecule has 0 unspecified atom stereocenters. The molecule has 0 aliphatic carbocycles. The van der Waals surface area contributed by atoms with Crippen molar-refractivity contribution in [2.24, 2.45) is 5.73 Å². The minimum Gasteiger partial charge on any atom is -0.353 e. The molecule has 0 saturated carbocycles. The summed E-state index contributed by atoms with van der Waals surface area (Å²) in [5.74, 6) is -0.0133. The van der Waals surface area contributed by atoms with Crippen molar-refractivity contribution in [3.63, 3.8) is 0 Å². The van der Waals surface area contributed by atoms with E-state index in [0.29, 0.717) is 6.54 Å². The van der Waals surface area contributed by atoms with Crippen LogP contribution in [0, 0.1) is 0 Å².